The molecule has 0 aromatic carbocycles. The van der Waals surface area contributed by atoms with E-state index in [0.717, 1.165) is 19.6 Å². The summed E-state index contributed by atoms with van der Waals surface area (Å²) < 4.78 is 0. The summed E-state index contributed by atoms with van der Waals surface area (Å²) in [5.41, 5.74) is 0.368. The predicted molar refractivity (Wildman–Crippen MR) is 87.1 cm³/mol. The lowest BCUT2D eigenvalue weighted by molar-refractivity contribution is 0.0681. The van der Waals surface area contributed by atoms with Gasteiger partial charge in [0.2, 0.25) is 0 Å². The van der Waals surface area contributed by atoms with Crippen LogP contribution < -0.4 is 5.32 Å². The molecule has 0 bridgehead atoms. The topological polar surface area (TPSA) is 35.5 Å². The Morgan fingerprint density at radius 2 is 1.90 bits per heavy atom. The Kier molecular flexibility index (Phi) is 8.74. The highest BCUT2D eigenvalue weighted by molar-refractivity contribution is 4.86. The van der Waals surface area contributed by atoms with Crippen LogP contribution in [0, 0.1) is 5.41 Å². The SMILES string of the molecule is CCCNCC(CC)(CC)CN1CCCCCC1CO. The second-order valence-corrected chi connectivity index (χ2v) is 6.54. The van der Waals surface area contributed by atoms with E-state index in [0.29, 0.717) is 18.1 Å². The molecular formula is C17H36N2O. The molecule has 2 N–H and O–H groups in total. The zero-order valence-corrected chi connectivity index (χ0v) is 14.0. The summed E-state index contributed by atoms with van der Waals surface area (Å²) in [6.45, 7) is 11.7. The van der Waals surface area contributed by atoms with Gasteiger partial charge in [-0.15, -0.1) is 0 Å². The molecule has 0 aromatic heterocycles. The van der Waals surface area contributed by atoms with E-state index in [9.17, 15) is 5.11 Å². The molecular weight excluding hydrogens is 248 g/mol. The molecule has 1 atom stereocenters. The van der Waals surface area contributed by atoms with Crippen LogP contribution in [0.25, 0.3) is 0 Å². The van der Waals surface area contributed by atoms with E-state index in [2.05, 4.69) is 31.0 Å². The number of hydrogen-bond acceptors (Lipinski definition) is 3. The zero-order valence-electron chi connectivity index (χ0n) is 14.0. The molecule has 1 aliphatic heterocycles. The third-order valence-corrected chi connectivity index (χ3v) is 5.18. The van der Waals surface area contributed by atoms with Gasteiger partial charge in [-0.3, -0.25) is 4.90 Å². The molecule has 3 nitrogen and oxygen atoms in total. The highest BCUT2D eigenvalue weighted by Gasteiger charge is 2.31. The maximum absolute atomic E-state index is 9.69. The summed E-state index contributed by atoms with van der Waals surface area (Å²) in [6, 6.07) is 0.390. The Morgan fingerprint density at radius 1 is 1.15 bits per heavy atom. The van der Waals surface area contributed by atoms with Gasteiger partial charge in [-0.05, 0) is 50.6 Å². The Morgan fingerprint density at radius 3 is 2.50 bits per heavy atom. The van der Waals surface area contributed by atoms with Crippen LogP contribution in [-0.2, 0) is 0 Å². The first-order valence-electron chi connectivity index (χ1n) is 8.77. The van der Waals surface area contributed by atoms with Crippen molar-refractivity contribution in [2.24, 2.45) is 5.41 Å². The third kappa shape index (κ3) is 5.34. The molecule has 1 heterocycles. The van der Waals surface area contributed by atoms with Gasteiger partial charge in [-0.2, -0.15) is 0 Å². The molecule has 1 saturated heterocycles. The van der Waals surface area contributed by atoms with E-state index in [1.165, 1.54) is 51.5 Å². The summed E-state index contributed by atoms with van der Waals surface area (Å²) >= 11 is 0. The number of nitrogens with one attached hydrogen (secondary N) is 1. The highest BCUT2D eigenvalue weighted by atomic mass is 16.3. The van der Waals surface area contributed by atoms with Gasteiger partial charge in [0, 0.05) is 19.1 Å². The van der Waals surface area contributed by atoms with E-state index in [4.69, 9.17) is 0 Å². The summed E-state index contributed by atoms with van der Waals surface area (Å²) in [5, 5.41) is 13.3. The quantitative estimate of drug-likeness (QED) is 0.639. The maximum atomic E-state index is 9.69. The lowest BCUT2D eigenvalue weighted by atomic mass is 9.81. The average molecular weight is 284 g/mol. The summed E-state index contributed by atoms with van der Waals surface area (Å²) in [7, 11) is 0. The maximum Gasteiger partial charge on any atom is 0.0586 e. The van der Waals surface area contributed by atoms with Crippen molar-refractivity contribution >= 4 is 0 Å². The molecule has 0 aromatic rings. The predicted octanol–water partition coefficient (Wildman–Crippen LogP) is 3.03. The van der Waals surface area contributed by atoms with E-state index in [-0.39, 0.29) is 0 Å². The lowest BCUT2D eigenvalue weighted by Crippen LogP contribution is -2.48. The monoisotopic (exact) mass is 284 g/mol. The van der Waals surface area contributed by atoms with E-state index in [1.54, 1.807) is 0 Å². The van der Waals surface area contributed by atoms with Crippen LogP contribution in [0.15, 0.2) is 0 Å². The van der Waals surface area contributed by atoms with E-state index >= 15 is 0 Å². The van der Waals surface area contributed by atoms with Crippen LogP contribution >= 0.6 is 0 Å². The molecule has 20 heavy (non-hydrogen) atoms. The van der Waals surface area contributed by atoms with Gasteiger partial charge in [-0.25, -0.2) is 0 Å². The molecule has 1 unspecified atom stereocenters. The van der Waals surface area contributed by atoms with E-state index in [1.807, 2.05) is 0 Å². The summed E-state index contributed by atoms with van der Waals surface area (Å²) in [4.78, 5) is 2.58. The Hall–Kier alpha value is -0.120. The minimum absolute atomic E-state index is 0.325. The van der Waals surface area contributed by atoms with Gasteiger partial charge in [-0.1, -0.05) is 33.6 Å². The van der Waals surface area contributed by atoms with E-state index < -0.39 is 0 Å². The van der Waals surface area contributed by atoms with Crippen molar-refractivity contribution in [2.75, 3.05) is 32.8 Å². The second-order valence-electron chi connectivity index (χ2n) is 6.54. The van der Waals surface area contributed by atoms with Gasteiger partial charge < -0.3 is 10.4 Å². The van der Waals surface area contributed by atoms with Gasteiger partial charge >= 0.3 is 0 Å². The van der Waals surface area contributed by atoms with Crippen molar-refractivity contribution in [1.82, 2.24) is 10.2 Å². The van der Waals surface area contributed by atoms with Crippen LogP contribution in [0.4, 0.5) is 0 Å². The zero-order chi connectivity index (χ0) is 14.8. The van der Waals surface area contributed by atoms with Gasteiger partial charge in [0.15, 0.2) is 0 Å². The smallest absolute Gasteiger partial charge is 0.0586 e. The molecule has 1 rings (SSSR count). The Bertz CT molecular complexity index is 241. The van der Waals surface area contributed by atoms with Crippen molar-refractivity contribution in [1.29, 1.82) is 0 Å². The molecule has 1 fully saturated rings. The number of likely N-dealkylation sites (tertiary alicyclic amines) is 1. The third-order valence-electron chi connectivity index (χ3n) is 5.18. The standard InChI is InChI=1S/C17H36N2O/c1-4-11-18-14-17(5-2,6-3)15-19-12-9-7-8-10-16(19)13-20/h16,18,20H,4-15H2,1-3H3. The highest BCUT2D eigenvalue weighted by Crippen LogP contribution is 2.29. The minimum atomic E-state index is 0.325. The average Bonchev–Trinajstić information content (AvgIpc) is 2.71. The van der Waals surface area contributed by atoms with Crippen LogP contribution in [0.1, 0.15) is 65.7 Å². The largest absolute Gasteiger partial charge is 0.395 e. The Balaban J connectivity index is 2.65. The van der Waals surface area contributed by atoms with Gasteiger partial charge in [0.1, 0.15) is 0 Å². The second kappa shape index (κ2) is 9.75. The molecule has 3 heteroatoms. The van der Waals surface area contributed by atoms with Crippen molar-refractivity contribution < 1.29 is 5.11 Å². The molecule has 0 saturated carbocycles. The summed E-state index contributed by atoms with van der Waals surface area (Å²) in [5.74, 6) is 0. The fourth-order valence-electron chi connectivity index (χ4n) is 3.39. The Labute approximate surface area is 126 Å². The molecule has 1 aliphatic rings. The number of aliphatic hydroxyl groups excluding tert-OH is 1. The number of nitrogens with zero attached hydrogens (tertiary/aromatic N) is 1. The fraction of sp³-hybridized carbons (Fsp3) is 1.00. The molecule has 0 amide bonds. The number of hydrogen-bond donors (Lipinski definition) is 2. The number of rotatable bonds is 9. The molecule has 0 radical (unpaired) electrons. The first kappa shape index (κ1) is 17.9. The minimum Gasteiger partial charge on any atom is -0.395 e. The van der Waals surface area contributed by atoms with Crippen LogP contribution in [0.2, 0.25) is 0 Å². The van der Waals surface area contributed by atoms with Crippen molar-refractivity contribution in [2.45, 2.75) is 71.8 Å². The first-order chi connectivity index (χ1) is 9.71. The van der Waals surface area contributed by atoms with Crippen LogP contribution in [0.3, 0.4) is 0 Å². The normalized spacial score (nSPS) is 21.9. The lowest BCUT2D eigenvalue weighted by Gasteiger charge is -2.40. The summed E-state index contributed by atoms with van der Waals surface area (Å²) in [6.07, 6.45) is 8.70. The first-order valence-corrected chi connectivity index (χ1v) is 8.77. The molecule has 120 valence electrons. The number of aliphatic hydroxyl groups is 1. The molecule has 0 spiro atoms. The van der Waals surface area contributed by atoms with Crippen molar-refractivity contribution in [3.05, 3.63) is 0 Å². The van der Waals surface area contributed by atoms with Crippen molar-refractivity contribution in [3.63, 3.8) is 0 Å². The van der Waals surface area contributed by atoms with Crippen LogP contribution in [0.5, 0.6) is 0 Å². The molecule has 0 aliphatic carbocycles. The van der Waals surface area contributed by atoms with Crippen molar-refractivity contribution in [3.8, 4) is 0 Å². The van der Waals surface area contributed by atoms with Gasteiger partial charge in [0.05, 0.1) is 6.61 Å². The van der Waals surface area contributed by atoms with Gasteiger partial charge in [0.25, 0.3) is 0 Å². The fourth-order valence-corrected chi connectivity index (χ4v) is 3.39. The van der Waals surface area contributed by atoms with Crippen LogP contribution in [-0.4, -0.2) is 48.8 Å².